The monoisotopic (exact) mass is 664 g/mol. The van der Waals surface area contributed by atoms with Crippen molar-refractivity contribution < 1.29 is 23.9 Å². The largest absolute Gasteiger partial charge is 0.496 e. The Kier molecular flexibility index (Phi) is 10.2. The van der Waals surface area contributed by atoms with Crippen LogP contribution in [0.25, 0.3) is 0 Å². The fourth-order valence-corrected chi connectivity index (χ4v) is 5.87. The number of methoxy groups -OCH3 is 1. The van der Waals surface area contributed by atoms with Crippen LogP contribution < -0.4 is 9.47 Å². The molecule has 2 heterocycles. The molecule has 242 valence electrons. The van der Waals surface area contributed by atoms with Crippen molar-refractivity contribution in [3.8, 4) is 11.5 Å². The summed E-state index contributed by atoms with van der Waals surface area (Å²) in [5.41, 5.74) is 2.25. The molecule has 46 heavy (non-hydrogen) atoms. The minimum atomic E-state index is -0.590. The molecule has 0 saturated carbocycles. The Balaban J connectivity index is 1.60. The molecular weight excluding hydrogens is 627 g/mol. The number of urea groups is 1. The summed E-state index contributed by atoms with van der Waals surface area (Å²) < 4.78 is 11.7. The lowest BCUT2D eigenvalue weighted by atomic mass is 9.93. The first kappa shape index (κ1) is 33.3. The molecule has 5 rings (SSSR count). The van der Waals surface area contributed by atoms with Crippen molar-refractivity contribution in [3.63, 3.8) is 0 Å². The maximum atomic E-state index is 14.7. The quantitative estimate of drug-likeness (QED) is 0.250. The van der Waals surface area contributed by atoms with Gasteiger partial charge < -0.3 is 19.3 Å². The number of ether oxygens (including phenoxy) is 2. The van der Waals surface area contributed by atoms with Crippen LogP contribution in [0.2, 0.25) is 10.0 Å². The highest BCUT2D eigenvalue weighted by molar-refractivity contribution is 6.30. The predicted octanol–water partition coefficient (Wildman–Crippen LogP) is 6.82. The maximum Gasteiger partial charge on any atom is 0.326 e. The van der Waals surface area contributed by atoms with Crippen LogP contribution in [-0.4, -0.2) is 77.6 Å². The van der Waals surface area contributed by atoms with E-state index in [9.17, 15) is 14.4 Å². The van der Waals surface area contributed by atoms with Crippen molar-refractivity contribution >= 4 is 46.8 Å². The third-order valence-electron chi connectivity index (χ3n) is 8.06. The molecule has 0 spiro atoms. The number of benzene rings is 3. The molecule has 0 bridgehead atoms. The number of rotatable bonds is 9. The highest BCUT2D eigenvalue weighted by Gasteiger charge is 2.45. The summed E-state index contributed by atoms with van der Waals surface area (Å²) in [7, 11) is 1.56. The smallest absolute Gasteiger partial charge is 0.326 e. The van der Waals surface area contributed by atoms with E-state index in [2.05, 4.69) is 0 Å². The van der Waals surface area contributed by atoms with Gasteiger partial charge in [-0.15, -0.1) is 0 Å². The van der Waals surface area contributed by atoms with Gasteiger partial charge in [-0.3, -0.25) is 19.5 Å². The molecule has 0 aromatic heterocycles. The Labute approximate surface area is 279 Å². The maximum absolute atomic E-state index is 14.7. The number of hydrogen-bond donors (Lipinski definition) is 0. The second-order valence-electron chi connectivity index (χ2n) is 12.0. The molecule has 2 aliphatic heterocycles. The molecule has 1 fully saturated rings. The van der Waals surface area contributed by atoms with Gasteiger partial charge in [0.2, 0.25) is 5.91 Å². The minimum absolute atomic E-state index is 0.0207. The first-order chi connectivity index (χ1) is 22.0. The minimum Gasteiger partial charge on any atom is -0.496 e. The second-order valence-corrected chi connectivity index (χ2v) is 12.9. The zero-order valence-corrected chi connectivity index (χ0v) is 28.1. The van der Waals surface area contributed by atoms with Gasteiger partial charge in [-0.05, 0) is 61.4 Å². The lowest BCUT2D eigenvalue weighted by molar-refractivity contribution is -0.139. The van der Waals surface area contributed by atoms with Crippen molar-refractivity contribution in [1.29, 1.82) is 0 Å². The molecule has 9 nitrogen and oxygen atoms in total. The number of carbonyl (C=O) groups is 3. The van der Waals surface area contributed by atoms with Crippen LogP contribution in [0, 0.1) is 5.92 Å². The van der Waals surface area contributed by atoms with E-state index in [4.69, 9.17) is 37.7 Å². The van der Waals surface area contributed by atoms with E-state index in [0.717, 1.165) is 11.1 Å². The van der Waals surface area contributed by atoms with Gasteiger partial charge in [-0.25, -0.2) is 4.79 Å². The van der Waals surface area contributed by atoms with Gasteiger partial charge in [0, 0.05) is 35.1 Å². The first-order valence-corrected chi connectivity index (χ1v) is 16.0. The van der Waals surface area contributed by atoms with E-state index in [1.807, 2.05) is 64.1 Å². The summed E-state index contributed by atoms with van der Waals surface area (Å²) >= 11 is 12.5. The van der Waals surface area contributed by atoms with E-state index in [1.165, 1.54) is 9.80 Å². The number of ketones is 1. The number of nitrogens with zero attached hydrogens (tertiary/aromatic N) is 4. The second kappa shape index (κ2) is 14.1. The summed E-state index contributed by atoms with van der Waals surface area (Å²) in [5.74, 6) is 1.00. The molecule has 2 atom stereocenters. The Morgan fingerprint density at radius 3 is 2.11 bits per heavy atom. The van der Waals surface area contributed by atoms with Crippen LogP contribution in [0.5, 0.6) is 11.5 Å². The lowest BCUT2D eigenvalue weighted by Gasteiger charge is -2.38. The van der Waals surface area contributed by atoms with Crippen molar-refractivity contribution in [3.05, 3.63) is 93.5 Å². The molecule has 3 aromatic carbocycles. The fourth-order valence-electron chi connectivity index (χ4n) is 5.62. The Morgan fingerprint density at radius 1 is 0.913 bits per heavy atom. The number of amides is 3. The molecule has 0 aliphatic carbocycles. The molecule has 1 saturated heterocycles. The van der Waals surface area contributed by atoms with E-state index in [1.54, 1.807) is 42.3 Å². The van der Waals surface area contributed by atoms with Gasteiger partial charge in [-0.2, -0.15) is 0 Å². The van der Waals surface area contributed by atoms with Crippen LogP contribution in [-0.2, 0) is 9.59 Å². The van der Waals surface area contributed by atoms with Gasteiger partial charge in [0.1, 0.15) is 29.9 Å². The molecule has 0 unspecified atom stereocenters. The SMILES string of the molecule is COc1cc(OC(C)C)ccc1C1=N[C@@H](c2ccc(Cl)cc2)[C@@H](c2ccc(Cl)cc2)N1C(=O)N1CCN(CC(=O)C(C)C)C(=O)C1. The van der Waals surface area contributed by atoms with Crippen LogP contribution in [0.1, 0.15) is 56.5 Å². The summed E-state index contributed by atoms with van der Waals surface area (Å²) in [6.07, 6.45) is -0.0481. The van der Waals surface area contributed by atoms with Crippen LogP contribution >= 0.6 is 23.2 Å². The predicted molar refractivity (Wildman–Crippen MR) is 179 cm³/mol. The van der Waals surface area contributed by atoms with E-state index in [-0.39, 0.29) is 55.9 Å². The molecule has 11 heteroatoms. The van der Waals surface area contributed by atoms with Crippen molar-refractivity contribution in [2.24, 2.45) is 10.9 Å². The molecule has 3 amide bonds. The van der Waals surface area contributed by atoms with Gasteiger partial charge >= 0.3 is 6.03 Å². The van der Waals surface area contributed by atoms with E-state index < -0.39 is 12.1 Å². The topological polar surface area (TPSA) is 91.8 Å². The summed E-state index contributed by atoms with van der Waals surface area (Å²) in [4.78, 5) is 50.2. The van der Waals surface area contributed by atoms with E-state index in [0.29, 0.717) is 32.9 Å². The Hall–Kier alpha value is -4.08. The van der Waals surface area contributed by atoms with Gasteiger partial charge in [0.05, 0.1) is 31.4 Å². The highest BCUT2D eigenvalue weighted by atomic mass is 35.5. The number of Topliss-reactive ketones (excluding diaryl/α,β-unsaturated/α-hetero) is 1. The molecule has 3 aromatic rings. The average molecular weight is 666 g/mol. The number of piperazine rings is 1. The third-order valence-corrected chi connectivity index (χ3v) is 8.57. The molecule has 2 aliphatic rings. The third kappa shape index (κ3) is 7.16. The Morgan fingerprint density at radius 2 is 1.54 bits per heavy atom. The van der Waals surface area contributed by atoms with Gasteiger partial charge in [-0.1, -0.05) is 61.3 Å². The lowest BCUT2D eigenvalue weighted by Crippen LogP contribution is -2.57. The Bertz CT molecular complexity index is 1620. The summed E-state index contributed by atoms with van der Waals surface area (Å²) in [6, 6.07) is 18.7. The number of hydrogen-bond acceptors (Lipinski definition) is 6. The van der Waals surface area contributed by atoms with Gasteiger partial charge in [0.15, 0.2) is 5.78 Å². The highest BCUT2D eigenvalue weighted by Crippen LogP contribution is 2.46. The number of aliphatic imine (C=N–C) groups is 1. The van der Waals surface area contributed by atoms with Crippen LogP contribution in [0.3, 0.4) is 0 Å². The molecule has 0 N–H and O–H groups in total. The zero-order chi connectivity index (χ0) is 33.1. The standard InChI is InChI=1S/C35H38Cl2N4O5/c1-21(2)29(42)19-39-16-17-40(20-31(39)43)35(44)41-33(24-8-12-26(37)13-9-24)32(23-6-10-25(36)11-7-23)38-34(41)28-15-14-27(46-22(3)4)18-30(28)45-5/h6-15,18,21-22,32-33H,16-17,19-20H2,1-5H3/t32-,33+/m0/s1. The summed E-state index contributed by atoms with van der Waals surface area (Å²) in [5, 5.41) is 1.14. The van der Waals surface area contributed by atoms with Crippen LogP contribution in [0.15, 0.2) is 71.7 Å². The van der Waals surface area contributed by atoms with Gasteiger partial charge in [0.25, 0.3) is 0 Å². The van der Waals surface area contributed by atoms with Crippen LogP contribution in [0.4, 0.5) is 4.79 Å². The van der Waals surface area contributed by atoms with Crippen molar-refractivity contribution in [2.45, 2.75) is 45.9 Å². The van der Waals surface area contributed by atoms with Crippen molar-refractivity contribution in [1.82, 2.24) is 14.7 Å². The fraction of sp³-hybridized carbons (Fsp3) is 0.371. The number of amidine groups is 1. The van der Waals surface area contributed by atoms with E-state index >= 15 is 0 Å². The molecule has 0 radical (unpaired) electrons. The summed E-state index contributed by atoms with van der Waals surface area (Å²) in [6.45, 7) is 7.88. The number of halogens is 2. The number of carbonyl (C=O) groups excluding carboxylic acids is 3. The normalized spacial score (nSPS) is 18.3. The van der Waals surface area contributed by atoms with Crippen molar-refractivity contribution in [2.75, 3.05) is 33.3 Å². The first-order valence-electron chi connectivity index (χ1n) is 15.3. The zero-order valence-electron chi connectivity index (χ0n) is 26.6. The average Bonchev–Trinajstić information content (AvgIpc) is 3.42. The molecular formula is C35H38Cl2N4O5.